The van der Waals surface area contributed by atoms with Crippen LogP contribution in [0.3, 0.4) is 0 Å². The van der Waals surface area contributed by atoms with Crippen LogP contribution in [0.1, 0.15) is 139 Å². The van der Waals surface area contributed by atoms with E-state index in [0.29, 0.717) is 52.9 Å². The van der Waals surface area contributed by atoms with Crippen molar-refractivity contribution in [1.29, 1.82) is 0 Å². The number of nitrogens with two attached hydrogens (primary N) is 2. The van der Waals surface area contributed by atoms with Crippen LogP contribution < -0.4 is 16.8 Å². The van der Waals surface area contributed by atoms with Crippen LogP contribution in [0.4, 0.5) is 0 Å². The largest absolute Gasteiger partial charge is 0.392 e. The third-order valence-electron chi connectivity index (χ3n) is 18.4. The van der Waals surface area contributed by atoms with Crippen molar-refractivity contribution in [2.24, 2.45) is 91.3 Å². The number of nitrogens with one attached hydrogen (secondary N) is 1. The lowest BCUT2D eigenvalue weighted by atomic mass is 9.59. The van der Waals surface area contributed by atoms with E-state index in [0.717, 1.165) is 44.4 Å². The molecule has 0 amide bonds. The van der Waals surface area contributed by atoms with Crippen LogP contribution in [0.2, 0.25) is 0 Å². The fraction of sp³-hybridized carbons (Fsp3) is 1.00. The minimum absolute atomic E-state index is 0.0683. The molecule has 0 aliphatic heterocycles. The van der Waals surface area contributed by atoms with E-state index in [9.17, 15) is 15.3 Å². The molecule has 17 unspecified atom stereocenters. The van der Waals surface area contributed by atoms with Gasteiger partial charge in [0.25, 0.3) is 0 Å². The molecule has 17 atom stereocenters. The van der Waals surface area contributed by atoms with Gasteiger partial charge in [-0.2, -0.15) is 0 Å². The molecule has 6 heteroatoms. The van der Waals surface area contributed by atoms with Gasteiger partial charge in [-0.25, -0.2) is 0 Å². The Bertz CT molecular complexity index is 1260. The Morgan fingerprint density at radius 3 is 1.27 bits per heavy atom. The fourth-order valence-corrected chi connectivity index (χ4v) is 17.1. The highest BCUT2D eigenvalue weighted by Crippen LogP contribution is 2.76. The maximum absolute atomic E-state index is 12.0. The van der Waals surface area contributed by atoms with Crippen LogP contribution in [0.15, 0.2) is 0 Å². The molecular formula is C42H73N3O3. The normalized spacial score (nSPS) is 57.3. The molecule has 8 rings (SSSR count). The van der Waals surface area contributed by atoms with Gasteiger partial charge in [-0.3, -0.25) is 0 Å². The Labute approximate surface area is 292 Å². The van der Waals surface area contributed by atoms with Crippen LogP contribution in [0.5, 0.6) is 0 Å². The van der Waals surface area contributed by atoms with Crippen molar-refractivity contribution >= 4 is 0 Å². The topological polar surface area (TPSA) is 125 Å². The highest BCUT2D eigenvalue weighted by atomic mass is 16.3. The molecule has 274 valence electrons. The Balaban J connectivity index is 0.995. The number of fused-ring (bicyclic) bond motifs is 8. The van der Waals surface area contributed by atoms with Gasteiger partial charge >= 0.3 is 0 Å². The highest BCUT2D eigenvalue weighted by molar-refractivity contribution is 5.20. The second kappa shape index (κ2) is 10.9. The van der Waals surface area contributed by atoms with Gasteiger partial charge in [-0.05, 0) is 163 Å². The summed E-state index contributed by atoms with van der Waals surface area (Å²) in [5, 5.41) is 38.2. The van der Waals surface area contributed by atoms with Crippen LogP contribution in [-0.2, 0) is 0 Å². The number of aliphatic hydroxyl groups excluding tert-OH is 3. The van der Waals surface area contributed by atoms with E-state index in [1.165, 1.54) is 44.9 Å². The van der Waals surface area contributed by atoms with E-state index in [4.69, 9.17) is 11.5 Å². The summed E-state index contributed by atoms with van der Waals surface area (Å²) < 4.78 is 0. The lowest BCUT2D eigenvalue weighted by Gasteiger charge is -2.50. The molecular weight excluding hydrogens is 594 g/mol. The van der Waals surface area contributed by atoms with E-state index >= 15 is 0 Å². The molecule has 0 aromatic carbocycles. The monoisotopic (exact) mass is 668 g/mol. The fourth-order valence-electron chi connectivity index (χ4n) is 17.1. The smallest absolute Gasteiger partial charge is 0.0696 e. The standard InChI is InChI=1S/C42H73N3O3/c1-37(2)18-41(19-38(3,4)25-12-31(43)34(46)15-28(25)41)23-10-9-22(11-24(23)37)45-33-14-27-30(17-36(33)48)42(21-40(27,7)8)20-39(5,6)26-13-32(44)35(47)16-29(26)42/h22-36,45-48H,9-21,43-44H2,1-8H3. The summed E-state index contributed by atoms with van der Waals surface area (Å²) in [4.78, 5) is 0. The zero-order valence-corrected chi connectivity index (χ0v) is 31.8. The first kappa shape index (κ1) is 34.8. The second-order valence-corrected chi connectivity index (χ2v) is 22.7. The minimum Gasteiger partial charge on any atom is -0.392 e. The first-order valence-electron chi connectivity index (χ1n) is 20.5. The summed E-state index contributed by atoms with van der Waals surface area (Å²) in [6.07, 6.45) is 13.3. The van der Waals surface area contributed by atoms with Crippen molar-refractivity contribution in [3.05, 3.63) is 0 Å². The minimum atomic E-state index is -0.391. The van der Waals surface area contributed by atoms with Crippen LogP contribution in [0.25, 0.3) is 0 Å². The molecule has 0 aromatic rings. The van der Waals surface area contributed by atoms with Crippen molar-refractivity contribution in [2.45, 2.75) is 181 Å². The van der Waals surface area contributed by atoms with Crippen molar-refractivity contribution < 1.29 is 15.3 Å². The zero-order valence-electron chi connectivity index (χ0n) is 31.8. The molecule has 8 aliphatic carbocycles. The van der Waals surface area contributed by atoms with Crippen LogP contribution in [-0.4, -0.2) is 57.8 Å². The summed E-state index contributed by atoms with van der Waals surface area (Å²) in [5.41, 5.74) is 14.5. The SMILES string of the molecule is CC1(C)CC2(CC(C)(C)C3CC(N)C(O)CC32)C2CCC(NC3CC4C(CC3O)C3(CC(C)(C)C5CC(N)C(O)CC53)CC4(C)C)CC21. The zero-order chi connectivity index (χ0) is 34.6. The van der Waals surface area contributed by atoms with E-state index in [1.807, 2.05) is 0 Å². The maximum atomic E-state index is 12.0. The van der Waals surface area contributed by atoms with Gasteiger partial charge < -0.3 is 32.1 Å². The van der Waals surface area contributed by atoms with Gasteiger partial charge in [-0.15, -0.1) is 0 Å². The van der Waals surface area contributed by atoms with Crippen molar-refractivity contribution in [1.82, 2.24) is 5.32 Å². The molecule has 8 N–H and O–H groups in total. The predicted molar refractivity (Wildman–Crippen MR) is 193 cm³/mol. The molecule has 0 bridgehead atoms. The Morgan fingerprint density at radius 1 is 0.438 bits per heavy atom. The average molecular weight is 668 g/mol. The lowest BCUT2D eigenvalue weighted by Crippen LogP contribution is -2.55. The molecule has 0 radical (unpaired) electrons. The van der Waals surface area contributed by atoms with Crippen LogP contribution in [0, 0.1) is 79.8 Å². The van der Waals surface area contributed by atoms with Gasteiger partial charge in [0, 0.05) is 24.2 Å². The lowest BCUT2D eigenvalue weighted by molar-refractivity contribution is -0.0435. The molecule has 8 aliphatic rings. The first-order valence-corrected chi connectivity index (χ1v) is 20.5. The second-order valence-electron chi connectivity index (χ2n) is 22.7. The van der Waals surface area contributed by atoms with E-state index in [1.54, 1.807) is 0 Å². The third-order valence-corrected chi connectivity index (χ3v) is 18.4. The molecule has 2 spiro atoms. The highest BCUT2D eigenvalue weighted by Gasteiger charge is 2.71. The van der Waals surface area contributed by atoms with E-state index in [2.05, 4.69) is 60.7 Å². The van der Waals surface area contributed by atoms with Gasteiger partial charge in [0.2, 0.25) is 0 Å². The van der Waals surface area contributed by atoms with Crippen molar-refractivity contribution in [3.63, 3.8) is 0 Å². The third kappa shape index (κ3) is 4.90. The maximum Gasteiger partial charge on any atom is 0.0696 e. The molecule has 6 nitrogen and oxygen atoms in total. The van der Waals surface area contributed by atoms with Crippen molar-refractivity contribution in [3.8, 4) is 0 Å². The molecule has 0 aromatic heterocycles. The van der Waals surface area contributed by atoms with Gasteiger partial charge in [0.05, 0.1) is 18.3 Å². The Morgan fingerprint density at radius 2 is 0.812 bits per heavy atom. The number of aliphatic hydroxyl groups is 3. The number of hydrogen-bond acceptors (Lipinski definition) is 6. The first-order chi connectivity index (χ1) is 22.2. The van der Waals surface area contributed by atoms with E-state index < -0.39 is 6.10 Å². The molecule has 48 heavy (non-hydrogen) atoms. The van der Waals surface area contributed by atoms with Crippen LogP contribution >= 0.6 is 0 Å². The van der Waals surface area contributed by atoms with Crippen molar-refractivity contribution in [2.75, 3.05) is 0 Å². The quantitative estimate of drug-likeness (QED) is 0.207. The summed E-state index contributed by atoms with van der Waals surface area (Å²) in [6.45, 7) is 20.1. The Kier molecular flexibility index (Phi) is 7.91. The van der Waals surface area contributed by atoms with Gasteiger partial charge in [0.15, 0.2) is 0 Å². The summed E-state index contributed by atoms with van der Waals surface area (Å²) in [6, 6.07) is 0.471. The molecule has 0 heterocycles. The summed E-state index contributed by atoms with van der Waals surface area (Å²) in [7, 11) is 0. The summed E-state index contributed by atoms with van der Waals surface area (Å²) in [5.74, 6) is 4.85. The molecule has 0 saturated heterocycles. The molecule has 8 fully saturated rings. The average Bonchev–Trinajstić information content (AvgIpc) is 3.50. The molecule has 8 saturated carbocycles. The predicted octanol–water partition coefficient (Wildman–Crippen LogP) is 6.24. The number of hydrogen-bond donors (Lipinski definition) is 6. The van der Waals surface area contributed by atoms with E-state index in [-0.39, 0.29) is 57.4 Å². The Hall–Kier alpha value is -0.240. The number of rotatable bonds is 2. The van der Waals surface area contributed by atoms with Gasteiger partial charge in [-0.1, -0.05) is 55.4 Å². The summed E-state index contributed by atoms with van der Waals surface area (Å²) >= 11 is 0. The van der Waals surface area contributed by atoms with Gasteiger partial charge in [0.1, 0.15) is 0 Å².